The van der Waals surface area contributed by atoms with Crippen molar-refractivity contribution in [1.82, 2.24) is 0 Å². The predicted molar refractivity (Wildman–Crippen MR) is 121 cm³/mol. The van der Waals surface area contributed by atoms with E-state index in [4.69, 9.17) is 4.74 Å². The summed E-state index contributed by atoms with van der Waals surface area (Å²) in [5.41, 5.74) is 5.29. The number of benzene rings is 3. The molecule has 1 heteroatoms. The van der Waals surface area contributed by atoms with E-state index in [0.717, 1.165) is 28.7 Å². The van der Waals surface area contributed by atoms with Crippen molar-refractivity contribution in [3.05, 3.63) is 107 Å². The zero-order valence-electron chi connectivity index (χ0n) is 17.1. The van der Waals surface area contributed by atoms with Crippen molar-refractivity contribution >= 4 is 0 Å². The Hall–Kier alpha value is -3.26. The molecule has 3 aromatic rings. The maximum absolute atomic E-state index is 5.66. The Bertz CT molecular complexity index is 1020. The molecule has 1 atom stereocenters. The second kappa shape index (κ2) is 10.9. The first-order valence-electron chi connectivity index (χ1n) is 10.1. The van der Waals surface area contributed by atoms with Gasteiger partial charge in [-0.1, -0.05) is 85.6 Å². The molecule has 0 bridgehead atoms. The third kappa shape index (κ3) is 6.11. The lowest BCUT2D eigenvalue weighted by Crippen LogP contribution is -2.01. The number of hydrogen-bond acceptors (Lipinski definition) is 1. The Morgan fingerprint density at radius 1 is 0.759 bits per heavy atom. The number of methoxy groups -OCH3 is 1. The van der Waals surface area contributed by atoms with E-state index in [1.165, 1.54) is 18.4 Å². The fourth-order valence-electron chi connectivity index (χ4n) is 3.05. The lowest BCUT2D eigenvalue weighted by molar-refractivity contribution is 0.150. The maximum atomic E-state index is 5.66. The minimum atomic E-state index is -0.322. The summed E-state index contributed by atoms with van der Waals surface area (Å²) in [5, 5.41) is 0. The minimum absolute atomic E-state index is 0.322. The summed E-state index contributed by atoms with van der Waals surface area (Å²) in [5.74, 6) is 13.0. The molecule has 0 saturated carbocycles. The number of hydrogen-bond donors (Lipinski definition) is 0. The van der Waals surface area contributed by atoms with Crippen LogP contribution in [-0.2, 0) is 11.2 Å². The fraction of sp³-hybridized carbons (Fsp3) is 0.214. The van der Waals surface area contributed by atoms with Crippen molar-refractivity contribution in [2.45, 2.75) is 32.3 Å². The Morgan fingerprint density at radius 2 is 1.45 bits per heavy atom. The zero-order chi connectivity index (χ0) is 20.3. The van der Waals surface area contributed by atoms with Crippen molar-refractivity contribution < 1.29 is 4.74 Å². The Kier molecular flexibility index (Phi) is 7.71. The lowest BCUT2D eigenvalue weighted by atomic mass is 10.0. The predicted octanol–water partition coefficient (Wildman–Crippen LogP) is 6.17. The summed E-state index contributed by atoms with van der Waals surface area (Å²) >= 11 is 0. The molecule has 0 aromatic heterocycles. The highest BCUT2D eigenvalue weighted by Gasteiger charge is 2.10. The van der Waals surface area contributed by atoms with Crippen molar-refractivity contribution in [1.29, 1.82) is 0 Å². The maximum Gasteiger partial charge on any atom is 0.144 e. The van der Waals surface area contributed by atoms with E-state index >= 15 is 0 Å². The average molecular weight is 379 g/mol. The highest BCUT2D eigenvalue weighted by molar-refractivity contribution is 5.49. The van der Waals surface area contributed by atoms with E-state index in [1.807, 2.05) is 54.6 Å². The third-order valence-electron chi connectivity index (χ3n) is 4.71. The van der Waals surface area contributed by atoms with Crippen LogP contribution < -0.4 is 0 Å². The molecular formula is C28H26O. The van der Waals surface area contributed by atoms with Gasteiger partial charge in [0.15, 0.2) is 0 Å². The van der Waals surface area contributed by atoms with Gasteiger partial charge in [-0.15, -0.1) is 0 Å². The van der Waals surface area contributed by atoms with Gasteiger partial charge in [-0.3, -0.25) is 0 Å². The largest absolute Gasteiger partial charge is 0.364 e. The molecule has 0 aliphatic carbocycles. The number of aryl methyl sites for hydroxylation is 1. The van der Waals surface area contributed by atoms with Crippen LogP contribution in [0.1, 0.15) is 53.7 Å². The van der Waals surface area contributed by atoms with Gasteiger partial charge in [0.05, 0.1) is 0 Å². The zero-order valence-corrected chi connectivity index (χ0v) is 17.1. The molecule has 1 unspecified atom stereocenters. The van der Waals surface area contributed by atoms with Crippen LogP contribution in [0.4, 0.5) is 0 Å². The molecule has 0 N–H and O–H groups in total. The molecule has 0 amide bonds. The molecule has 0 aliphatic rings. The highest BCUT2D eigenvalue weighted by atomic mass is 16.5. The SMILES string of the molecule is CCCCc1ccc(C#Cc2ccccc2C(C#Cc2ccccc2)OC)cc1. The van der Waals surface area contributed by atoms with E-state index < -0.39 is 0 Å². The van der Waals surface area contributed by atoms with Gasteiger partial charge in [-0.2, -0.15) is 0 Å². The van der Waals surface area contributed by atoms with E-state index in [-0.39, 0.29) is 6.10 Å². The lowest BCUT2D eigenvalue weighted by Gasteiger charge is -2.11. The molecule has 3 rings (SSSR count). The quantitative estimate of drug-likeness (QED) is 0.483. The van der Waals surface area contributed by atoms with E-state index in [1.54, 1.807) is 7.11 Å². The molecule has 29 heavy (non-hydrogen) atoms. The summed E-state index contributed by atoms with van der Waals surface area (Å²) in [7, 11) is 1.68. The Balaban J connectivity index is 1.82. The molecule has 0 spiro atoms. The summed E-state index contributed by atoms with van der Waals surface area (Å²) in [4.78, 5) is 0. The smallest absolute Gasteiger partial charge is 0.144 e. The summed E-state index contributed by atoms with van der Waals surface area (Å²) in [6.07, 6.45) is 3.24. The number of ether oxygens (including phenoxy) is 1. The normalized spacial score (nSPS) is 11.0. The van der Waals surface area contributed by atoms with Crippen molar-refractivity contribution in [3.8, 4) is 23.7 Å². The van der Waals surface area contributed by atoms with Gasteiger partial charge in [-0.25, -0.2) is 0 Å². The molecule has 0 heterocycles. The van der Waals surface area contributed by atoms with Gasteiger partial charge in [0, 0.05) is 29.4 Å². The number of unbranched alkanes of at least 4 members (excludes halogenated alkanes) is 1. The second-order valence-corrected chi connectivity index (χ2v) is 6.89. The molecule has 0 saturated heterocycles. The molecule has 0 radical (unpaired) electrons. The average Bonchev–Trinajstić information content (AvgIpc) is 2.79. The Morgan fingerprint density at radius 3 is 2.17 bits per heavy atom. The molecule has 0 fully saturated rings. The van der Waals surface area contributed by atoms with Gasteiger partial charge >= 0.3 is 0 Å². The molecule has 144 valence electrons. The first-order valence-corrected chi connectivity index (χ1v) is 10.1. The minimum Gasteiger partial charge on any atom is -0.364 e. The van der Waals surface area contributed by atoms with E-state index in [9.17, 15) is 0 Å². The van der Waals surface area contributed by atoms with Crippen LogP contribution in [0.25, 0.3) is 0 Å². The molecule has 1 nitrogen and oxygen atoms in total. The Labute approximate surface area is 174 Å². The van der Waals surface area contributed by atoms with Crippen LogP contribution in [0, 0.1) is 23.7 Å². The second-order valence-electron chi connectivity index (χ2n) is 6.89. The molecular weight excluding hydrogens is 352 g/mol. The van der Waals surface area contributed by atoms with Crippen molar-refractivity contribution in [2.24, 2.45) is 0 Å². The van der Waals surface area contributed by atoms with Crippen molar-refractivity contribution in [3.63, 3.8) is 0 Å². The summed E-state index contributed by atoms with van der Waals surface area (Å²) in [6, 6.07) is 26.6. The van der Waals surface area contributed by atoms with Gasteiger partial charge in [0.1, 0.15) is 6.10 Å². The van der Waals surface area contributed by atoms with Gasteiger partial charge < -0.3 is 4.74 Å². The summed E-state index contributed by atoms with van der Waals surface area (Å²) < 4.78 is 5.66. The van der Waals surface area contributed by atoms with Crippen LogP contribution in [0.15, 0.2) is 78.9 Å². The van der Waals surface area contributed by atoms with Gasteiger partial charge in [0.25, 0.3) is 0 Å². The van der Waals surface area contributed by atoms with Crippen LogP contribution in [0.2, 0.25) is 0 Å². The first-order chi connectivity index (χ1) is 14.3. The topological polar surface area (TPSA) is 9.23 Å². The van der Waals surface area contributed by atoms with Crippen LogP contribution in [0.3, 0.4) is 0 Å². The van der Waals surface area contributed by atoms with Crippen LogP contribution >= 0.6 is 0 Å². The first kappa shape index (κ1) is 20.5. The highest BCUT2D eigenvalue weighted by Crippen LogP contribution is 2.20. The third-order valence-corrected chi connectivity index (χ3v) is 4.71. The molecule has 0 aliphatic heterocycles. The van der Waals surface area contributed by atoms with Gasteiger partial charge in [0.2, 0.25) is 0 Å². The van der Waals surface area contributed by atoms with Crippen LogP contribution in [0.5, 0.6) is 0 Å². The van der Waals surface area contributed by atoms with Crippen molar-refractivity contribution in [2.75, 3.05) is 7.11 Å². The fourth-order valence-corrected chi connectivity index (χ4v) is 3.05. The van der Waals surface area contributed by atoms with E-state index in [2.05, 4.69) is 54.9 Å². The standard InChI is InChI=1S/C28H26O/c1-3-4-10-24-15-17-25(18-16-24)19-21-26-13-8-9-14-27(26)28(29-2)22-20-23-11-6-5-7-12-23/h5-9,11-18,28H,3-4,10H2,1-2H3. The van der Waals surface area contributed by atoms with Crippen LogP contribution in [-0.4, -0.2) is 7.11 Å². The van der Waals surface area contributed by atoms with Gasteiger partial charge in [-0.05, 0) is 48.7 Å². The summed E-state index contributed by atoms with van der Waals surface area (Å²) in [6.45, 7) is 2.22. The molecule has 3 aromatic carbocycles. The number of rotatable bonds is 5. The monoisotopic (exact) mass is 378 g/mol. The van der Waals surface area contributed by atoms with E-state index in [0.29, 0.717) is 0 Å².